The highest BCUT2D eigenvalue weighted by Gasteiger charge is 2.52. The predicted molar refractivity (Wildman–Crippen MR) is 82.0 cm³/mol. The first-order chi connectivity index (χ1) is 10.5. The molecule has 1 spiro atoms. The summed E-state index contributed by atoms with van der Waals surface area (Å²) < 4.78 is 0. The van der Waals surface area contributed by atoms with E-state index in [9.17, 15) is 14.4 Å². The zero-order valence-electron chi connectivity index (χ0n) is 12.7. The normalized spacial score (nSPS) is 20.0. The molecule has 2 fully saturated rings. The lowest BCUT2D eigenvalue weighted by molar-refractivity contribution is -0.143. The van der Waals surface area contributed by atoms with E-state index in [0.717, 1.165) is 36.1 Å². The largest absolute Gasteiger partial charge is 0.325 e. The number of nitrogens with zero attached hydrogens (tertiary/aromatic N) is 1. The Bertz CT molecular complexity index is 615. The van der Waals surface area contributed by atoms with Crippen LogP contribution >= 0.6 is 0 Å². The van der Waals surface area contributed by atoms with Crippen LogP contribution in [-0.4, -0.2) is 29.2 Å². The van der Waals surface area contributed by atoms with Gasteiger partial charge in [-0.3, -0.25) is 19.3 Å². The number of imide groups is 1. The molecule has 0 bridgehead atoms. The predicted octanol–water partition coefficient (Wildman–Crippen LogP) is 2.25. The monoisotopic (exact) mass is 300 g/mol. The molecule has 3 rings (SSSR count). The number of carbonyl (C=O) groups is 3. The lowest BCUT2D eigenvalue weighted by Gasteiger charge is -2.20. The molecule has 5 nitrogen and oxygen atoms in total. The summed E-state index contributed by atoms with van der Waals surface area (Å²) in [7, 11) is 0. The molecule has 1 aliphatic heterocycles. The van der Waals surface area contributed by atoms with Crippen LogP contribution in [0.1, 0.15) is 37.7 Å². The van der Waals surface area contributed by atoms with Crippen molar-refractivity contribution in [1.82, 2.24) is 4.90 Å². The van der Waals surface area contributed by atoms with Gasteiger partial charge in [0.05, 0.1) is 5.41 Å². The number of hydrogen-bond acceptors (Lipinski definition) is 3. The highest BCUT2D eigenvalue weighted by atomic mass is 16.2. The summed E-state index contributed by atoms with van der Waals surface area (Å²) in [6, 6.07) is 7.41. The minimum atomic E-state index is -0.513. The molecule has 2 aliphatic rings. The third kappa shape index (κ3) is 2.63. The van der Waals surface area contributed by atoms with E-state index < -0.39 is 5.41 Å². The van der Waals surface area contributed by atoms with E-state index >= 15 is 0 Å². The second-order valence-electron chi connectivity index (χ2n) is 6.36. The summed E-state index contributed by atoms with van der Waals surface area (Å²) in [5.74, 6) is -0.708. The highest BCUT2D eigenvalue weighted by molar-refractivity contribution is 6.09. The molecule has 22 heavy (non-hydrogen) atoms. The second-order valence-corrected chi connectivity index (χ2v) is 6.36. The van der Waals surface area contributed by atoms with Crippen molar-refractivity contribution in [2.75, 3.05) is 11.9 Å². The van der Waals surface area contributed by atoms with E-state index in [1.54, 1.807) is 12.1 Å². The van der Waals surface area contributed by atoms with Crippen LogP contribution in [0.15, 0.2) is 24.3 Å². The number of likely N-dealkylation sites (tertiary alicyclic amines) is 1. The van der Waals surface area contributed by atoms with Crippen LogP contribution in [0.5, 0.6) is 0 Å². The fourth-order valence-electron chi connectivity index (χ4n) is 3.44. The van der Waals surface area contributed by atoms with Gasteiger partial charge in [-0.15, -0.1) is 0 Å². The van der Waals surface area contributed by atoms with Crippen LogP contribution in [0.2, 0.25) is 0 Å². The average molecular weight is 300 g/mol. The minimum absolute atomic E-state index is 0.158. The Morgan fingerprint density at radius 3 is 2.45 bits per heavy atom. The van der Waals surface area contributed by atoms with Gasteiger partial charge in [0.1, 0.15) is 6.54 Å². The third-order valence-electron chi connectivity index (χ3n) is 4.69. The van der Waals surface area contributed by atoms with Gasteiger partial charge in [0.25, 0.3) is 0 Å². The van der Waals surface area contributed by atoms with Crippen molar-refractivity contribution in [2.24, 2.45) is 5.41 Å². The van der Waals surface area contributed by atoms with Crippen molar-refractivity contribution in [3.8, 4) is 0 Å². The molecule has 1 aromatic carbocycles. The first-order valence-electron chi connectivity index (χ1n) is 7.71. The van der Waals surface area contributed by atoms with Gasteiger partial charge in [0.15, 0.2) is 0 Å². The zero-order chi connectivity index (χ0) is 15.7. The van der Waals surface area contributed by atoms with Crippen LogP contribution in [0, 0.1) is 12.3 Å². The Hall–Kier alpha value is -2.17. The van der Waals surface area contributed by atoms with Gasteiger partial charge in [0, 0.05) is 12.1 Å². The smallest absolute Gasteiger partial charge is 0.244 e. The standard InChI is InChI=1S/C17H20N2O3/c1-12-4-6-13(7-5-12)18-14(20)11-19-15(21)10-17(16(19)22)8-2-3-9-17/h4-7H,2-3,8-11H2,1H3,(H,18,20). The highest BCUT2D eigenvalue weighted by Crippen LogP contribution is 2.46. The van der Waals surface area contributed by atoms with Crippen LogP contribution in [0.25, 0.3) is 0 Å². The number of nitrogens with one attached hydrogen (secondary N) is 1. The fourth-order valence-corrected chi connectivity index (χ4v) is 3.44. The summed E-state index contributed by atoms with van der Waals surface area (Å²) in [4.78, 5) is 37.8. The van der Waals surface area contributed by atoms with Gasteiger partial charge in [0.2, 0.25) is 17.7 Å². The molecule has 0 aromatic heterocycles. The summed E-state index contributed by atoms with van der Waals surface area (Å²) in [5, 5.41) is 2.73. The molecule has 5 heteroatoms. The summed E-state index contributed by atoms with van der Waals surface area (Å²) >= 11 is 0. The number of aryl methyl sites for hydroxylation is 1. The topological polar surface area (TPSA) is 66.5 Å². The van der Waals surface area contributed by atoms with Gasteiger partial charge in [-0.05, 0) is 31.9 Å². The summed E-state index contributed by atoms with van der Waals surface area (Å²) in [5.41, 5.74) is 1.26. The third-order valence-corrected chi connectivity index (χ3v) is 4.69. The van der Waals surface area contributed by atoms with E-state index in [4.69, 9.17) is 0 Å². The molecule has 0 radical (unpaired) electrons. The number of rotatable bonds is 3. The SMILES string of the molecule is Cc1ccc(NC(=O)CN2C(=O)CC3(CCCC3)C2=O)cc1. The Morgan fingerprint density at radius 2 is 1.82 bits per heavy atom. The Kier molecular flexibility index (Phi) is 3.72. The fraction of sp³-hybridized carbons (Fsp3) is 0.471. The van der Waals surface area contributed by atoms with Gasteiger partial charge < -0.3 is 5.32 Å². The lowest BCUT2D eigenvalue weighted by atomic mass is 9.84. The number of carbonyl (C=O) groups excluding carboxylic acids is 3. The molecular formula is C17H20N2O3. The molecule has 1 saturated carbocycles. The minimum Gasteiger partial charge on any atom is -0.325 e. The van der Waals surface area contributed by atoms with E-state index in [-0.39, 0.29) is 30.7 Å². The Morgan fingerprint density at radius 1 is 1.18 bits per heavy atom. The van der Waals surface area contributed by atoms with Crippen molar-refractivity contribution in [2.45, 2.75) is 39.0 Å². The number of amides is 3. The molecular weight excluding hydrogens is 280 g/mol. The second kappa shape index (κ2) is 5.55. The van der Waals surface area contributed by atoms with Gasteiger partial charge in [-0.1, -0.05) is 30.5 Å². The maximum absolute atomic E-state index is 12.5. The van der Waals surface area contributed by atoms with E-state index in [0.29, 0.717) is 5.69 Å². The van der Waals surface area contributed by atoms with Crippen LogP contribution in [0.4, 0.5) is 5.69 Å². The zero-order valence-corrected chi connectivity index (χ0v) is 12.7. The average Bonchev–Trinajstić information content (AvgIpc) is 3.03. The van der Waals surface area contributed by atoms with Crippen LogP contribution < -0.4 is 5.32 Å². The van der Waals surface area contributed by atoms with Gasteiger partial charge in [-0.25, -0.2) is 0 Å². The summed E-state index contributed by atoms with van der Waals surface area (Å²) in [6.07, 6.45) is 3.79. The summed E-state index contributed by atoms with van der Waals surface area (Å²) in [6.45, 7) is 1.78. The van der Waals surface area contributed by atoms with Crippen LogP contribution in [0.3, 0.4) is 0 Å². The molecule has 1 aromatic rings. The molecule has 1 aliphatic carbocycles. The molecule has 1 N–H and O–H groups in total. The maximum atomic E-state index is 12.5. The van der Waals surface area contributed by atoms with Crippen LogP contribution in [-0.2, 0) is 14.4 Å². The quantitative estimate of drug-likeness (QED) is 0.871. The van der Waals surface area contributed by atoms with Gasteiger partial charge in [-0.2, -0.15) is 0 Å². The van der Waals surface area contributed by atoms with Crippen molar-refractivity contribution >= 4 is 23.4 Å². The van der Waals surface area contributed by atoms with Crippen molar-refractivity contribution in [3.63, 3.8) is 0 Å². The van der Waals surface area contributed by atoms with Crippen molar-refractivity contribution in [3.05, 3.63) is 29.8 Å². The number of anilines is 1. The molecule has 1 saturated heterocycles. The lowest BCUT2D eigenvalue weighted by Crippen LogP contribution is -2.39. The molecule has 0 unspecified atom stereocenters. The Labute approximate surface area is 129 Å². The van der Waals surface area contributed by atoms with Crippen molar-refractivity contribution in [1.29, 1.82) is 0 Å². The number of benzene rings is 1. The Balaban J connectivity index is 1.65. The molecule has 116 valence electrons. The molecule has 1 heterocycles. The van der Waals surface area contributed by atoms with Crippen molar-refractivity contribution < 1.29 is 14.4 Å². The maximum Gasteiger partial charge on any atom is 0.244 e. The molecule has 3 amide bonds. The number of hydrogen-bond donors (Lipinski definition) is 1. The van der Waals surface area contributed by atoms with E-state index in [2.05, 4.69) is 5.32 Å². The van der Waals surface area contributed by atoms with Gasteiger partial charge >= 0.3 is 0 Å². The molecule has 0 atom stereocenters. The van der Waals surface area contributed by atoms with E-state index in [1.165, 1.54) is 0 Å². The first kappa shape index (κ1) is 14.8. The van der Waals surface area contributed by atoms with E-state index in [1.807, 2.05) is 19.1 Å². The first-order valence-corrected chi connectivity index (χ1v) is 7.71.